The van der Waals surface area contributed by atoms with Gasteiger partial charge in [-0.15, -0.1) is 0 Å². The Kier molecular flexibility index (Phi) is 3.66. The largest absolute Gasteiger partial charge is 0.381 e. The molecule has 1 heterocycles. The molecule has 0 saturated carbocycles. The summed E-state index contributed by atoms with van der Waals surface area (Å²) in [4.78, 5) is 10.0. The molecule has 2 rings (SSSR count). The average molecular weight is 235 g/mol. The molecule has 1 saturated heterocycles. The Balaban J connectivity index is 1.88. The molecule has 0 radical (unpaired) electrons. The van der Waals surface area contributed by atoms with Gasteiger partial charge in [-0.05, 0) is 18.6 Å². The van der Waals surface area contributed by atoms with E-state index in [-0.39, 0.29) is 5.69 Å². The van der Waals surface area contributed by atoms with Crippen LogP contribution in [0.15, 0.2) is 29.4 Å². The molecule has 1 N–H and O–H groups in total. The number of anilines is 1. The lowest BCUT2D eigenvalue weighted by molar-refractivity contribution is -0.384. The molecule has 0 bridgehead atoms. The number of ether oxygens (including phenoxy) is 1. The number of hydrogen-bond acceptors (Lipinski definition) is 5. The van der Waals surface area contributed by atoms with E-state index in [0.717, 1.165) is 18.7 Å². The highest BCUT2D eigenvalue weighted by Crippen LogP contribution is 2.15. The van der Waals surface area contributed by atoms with Crippen molar-refractivity contribution in [1.29, 1.82) is 0 Å². The zero-order valence-corrected chi connectivity index (χ0v) is 9.20. The van der Waals surface area contributed by atoms with Gasteiger partial charge in [0, 0.05) is 30.9 Å². The van der Waals surface area contributed by atoms with E-state index in [9.17, 15) is 10.1 Å². The fraction of sp³-hybridized carbons (Fsp3) is 0.364. The molecular formula is C11H13N3O3. The molecule has 1 fully saturated rings. The minimum absolute atomic E-state index is 0.0729. The second kappa shape index (κ2) is 5.40. The second-order valence-electron chi connectivity index (χ2n) is 3.82. The molecule has 1 unspecified atom stereocenters. The molecule has 17 heavy (non-hydrogen) atoms. The van der Waals surface area contributed by atoms with Gasteiger partial charge < -0.3 is 4.74 Å². The van der Waals surface area contributed by atoms with Crippen molar-refractivity contribution in [3.63, 3.8) is 0 Å². The Labute approximate surface area is 98.4 Å². The zero-order chi connectivity index (χ0) is 12.1. The van der Waals surface area contributed by atoms with Crippen LogP contribution < -0.4 is 5.43 Å². The monoisotopic (exact) mass is 235 g/mol. The summed E-state index contributed by atoms with van der Waals surface area (Å²) in [7, 11) is 0. The Bertz CT molecular complexity index is 410. The molecule has 0 aromatic heterocycles. The predicted molar refractivity (Wildman–Crippen MR) is 64.1 cm³/mol. The summed E-state index contributed by atoms with van der Waals surface area (Å²) >= 11 is 0. The van der Waals surface area contributed by atoms with Crippen molar-refractivity contribution in [3.05, 3.63) is 34.4 Å². The van der Waals surface area contributed by atoms with Gasteiger partial charge in [0.2, 0.25) is 0 Å². The molecule has 6 heteroatoms. The van der Waals surface area contributed by atoms with Gasteiger partial charge in [-0.2, -0.15) is 5.10 Å². The van der Waals surface area contributed by atoms with E-state index in [0.29, 0.717) is 12.5 Å². The van der Waals surface area contributed by atoms with Gasteiger partial charge in [0.25, 0.3) is 5.69 Å². The van der Waals surface area contributed by atoms with Crippen LogP contribution in [0.3, 0.4) is 0 Å². The quantitative estimate of drug-likeness (QED) is 0.492. The molecule has 90 valence electrons. The second-order valence-corrected chi connectivity index (χ2v) is 3.82. The van der Waals surface area contributed by atoms with Crippen molar-refractivity contribution in [2.75, 3.05) is 18.6 Å². The first-order valence-electron chi connectivity index (χ1n) is 5.37. The van der Waals surface area contributed by atoms with Crippen LogP contribution >= 0.6 is 0 Å². The number of nitro groups is 1. The first kappa shape index (κ1) is 11.5. The van der Waals surface area contributed by atoms with E-state index >= 15 is 0 Å². The molecule has 1 aliphatic rings. The van der Waals surface area contributed by atoms with Crippen LogP contribution in [0.5, 0.6) is 0 Å². The molecule has 0 amide bonds. The van der Waals surface area contributed by atoms with Crippen LogP contribution in [0.4, 0.5) is 11.4 Å². The van der Waals surface area contributed by atoms with Crippen LogP contribution in [0, 0.1) is 16.0 Å². The molecule has 1 aromatic carbocycles. The van der Waals surface area contributed by atoms with E-state index in [1.807, 2.05) is 6.21 Å². The van der Waals surface area contributed by atoms with Crippen LogP contribution in [0.1, 0.15) is 6.42 Å². The van der Waals surface area contributed by atoms with Crippen molar-refractivity contribution < 1.29 is 9.66 Å². The van der Waals surface area contributed by atoms with Gasteiger partial charge in [0.15, 0.2) is 0 Å². The molecule has 0 spiro atoms. The molecule has 1 aliphatic heterocycles. The lowest BCUT2D eigenvalue weighted by Crippen LogP contribution is -2.02. The fourth-order valence-corrected chi connectivity index (χ4v) is 1.55. The maximum atomic E-state index is 10.4. The smallest absolute Gasteiger partial charge is 0.269 e. The first-order chi connectivity index (χ1) is 8.25. The fourth-order valence-electron chi connectivity index (χ4n) is 1.55. The van der Waals surface area contributed by atoms with E-state index < -0.39 is 4.92 Å². The van der Waals surface area contributed by atoms with Gasteiger partial charge in [0.05, 0.1) is 17.2 Å². The van der Waals surface area contributed by atoms with Crippen molar-refractivity contribution in [2.24, 2.45) is 11.0 Å². The van der Waals surface area contributed by atoms with Crippen molar-refractivity contribution >= 4 is 17.6 Å². The number of hydrazone groups is 1. The van der Waals surface area contributed by atoms with Gasteiger partial charge in [0.1, 0.15) is 0 Å². The third kappa shape index (κ3) is 3.25. The van der Waals surface area contributed by atoms with Gasteiger partial charge in [-0.3, -0.25) is 15.5 Å². The Morgan fingerprint density at radius 2 is 2.24 bits per heavy atom. The minimum atomic E-state index is -0.428. The summed E-state index contributed by atoms with van der Waals surface area (Å²) in [6.45, 7) is 1.50. The number of non-ortho nitro benzene ring substituents is 1. The highest BCUT2D eigenvalue weighted by Gasteiger charge is 2.12. The Morgan fingerprint density at radius 1 is 1.47 bits per heavy atom. The normalized spacial score (nSPS) is 19.6. The molecule has 1 aromatic rings. The summed E-state index contributed by atoms with van der Waals surface area (Å²) < 4.78 is 5.21. The number of nitrogens with zero attached hydrogens (tertiary/aromatic N) is 2. The van der Waals surface area contributed by atoms with Gasteiger partial charge >= 0.3 is 0 Å². The van der Waals surface area contributed by atoms with E-state index in [1.54, 1.807) is 12.1 Å². The van der Waals surface area contributed by atoms with Crippen molar-refractivity contribution in [2.45, 2.75) is 6.42 Å². The summed E-state index contributed by atoms with van der Waals surface area (Å²) in [6, 6.07) is 6.13. The van der Waals surface area contributed by atoms with Gasteiger partial charge in [-0.25, -0.2) is 0 Å². The lowest BCUT2D eigenvalue weighted by Gasteiger charge is -2.01. The standard InChI is InChI=1S/C11H13N3O3/c15-14(16)11-3-1-10(2-4-11)13-12-7-9-5-6-17-8-9/h1-4,7,9,13H,5-6,8H2. The highest BCUT2D eigenvalue weighted by atomic mass is 16.6. The third-order valence-corrected chi connectivity index (χ3v) is 2.52. The number of hydrogen-bond donors (Lipinski definition) is 1. The maximum absolute atomic E-state index is 10.4. The number of rotatable bonds is 4. The SMILES string of the molecule is O=[N+]([O-])c1ccc(NN=CC2CCOC2)cc1. The van der Waals surface area contributed by atoms with Crippen molar-refractivity contribution in [3.8, 4) is 0 Å². The molecule has 1 atom stereocenters. The predicted octanol–water partition coefficient (Wildman–Crippen LogP) is 2.03. The maximum Gasteiger partial charge on any atom is 0.269 e. The minimum Gasteiger partial charge on any atom is -0.381 e. The number of nitro benzene ring substituents is 1. The van der Waals surface area contributed by atoms with Gasteiger partial charge in [-0.1, -0.05) is 0 Å². The van der Waals surface area contributed by atoms with Crippen LogP contribution in [-0.4, -0.2) is 24.4 Å². The van der Waals surface area contributed by atoms with E-state index in [1.165, 1.54) is 12.1 Å². The topological polar surface area (TPSA) is 76.8 Å². The highest BCUT2D eigenvalue weighted by molar-refractivity contribution is 5.63. The number of nitrogens with one attached hydrogen (secondary N) is 1. The number of benzene rings is 1. The molecule has 0 aliphatic carbocycles. The zero-order valence-electron chi connectivity index (χ0n) is 9.20. The summed E-state index contributed by atoms with van der Waals surface area (Å²) in [5.41, 5.74) is 3.63. The Hall–Kier alpha value is -1.95. The average Bonchev–Trinajstić information content (AvgIpc) is 2.83. The third-order valence-electron chi connectivity index (χ3n) is 2.52. The summed E-state index contributed by atoms with van der Waals surface area (Å²) in [5, 5.41) is 14.5. The van der Waals surface area contributed by atoms with Crippen LogP contribution in [0.25, 0.3) is 0 Å². The first-order valence-corrected chi connectivity index (χ1v) is 5.37. The molecular weight excluding hydrogens is 222 g/mol. The molecule has 6 nitrogen and oxygen atoms in total. The van der Waals surface area contributed by atoms with Crippen LogP contribution in [-0.2, 0) is 4.74 Å². The van der Waals surface area contributed by atoms with E-state index in [2.05, 4.69) is 10.5 Å². The van der Waals surface area contributed by atoms with Crippen molar-refractivity contribution in [1.82, 2.24) is 0 Å². The van der Waals surface area contributed by atoms with E-state index in [4.69, 9.17) is 4.74 Å². The Morgan fingerprint density at radius 3 is 2.82 bits per heavy atom. The van der Waals surface area contributed by atoms with Crippen LogP contribution in [0.2, 0.25) is 0 Å². The summed E-state index contributed by atoms with van der Waals surface area (Å²) in [6.07, 6.45) is 2.81. The summed E-state index contributed by atoms with van der Waals surface area (Å²) in [5.74, 6) is 0.362. The lowest BCUT2D eigenvalue weighted by atomic mass is 10.1.